The van der Waals surface area contributed by atoms with E-state index in [0.29, 0.717) is 11.6 Å². The molecule has 1 aromatic heterocycles. The molecular weight excluding hydrogens is 286 g/mol. The number of carbonyl (C=O) groups is 1. The Morgan fingerprint density at radius 3 is 2.86 bits per heavy atom. The van der Waals surface area contributed by atoms with Crippen LogP contribution in [0.2, 0.25) is 0 Å². The van der Waals surface area contributed by atoms with Gasteiger partial charge in [0.1, 0.15) is 6.04 Å². The molecule has 7 heteroatoms. The lowest BCUT2D eigenvalue weighted by atomic mass is 10.2. The zero-order valence-corrected chi connectivity index (χ0v) is 13.1. The van der Waals surface area contributed by atoms with Crippen LogP contribution in [0.15, 0.2) is 29.4 Å². The van der Waals surface area contributed by atoms with Gasteiger partial charge in [-0.25, -0.2) is 0 Å². The van der Waals surface area contributed by atoms with E-state index in [1.54, 1.807) is 4.57 Å². The van der Waals surface area contributed by atoms with Crippen LogP contribution >= 0.6 is 11.8 Å². The molecule has 0 spiro atoms. The molecule has 0 aliphatic carbocycles. The molecule has 6 nitrogen and oxygen atoms in total. The Labute approximate surface area is 128 Å². The van der Waals surface area contributed by atoms with Crippen LogP contribution in [0, 0.1) is 6.92 Å². The molecule has 0 saturated carbocycles. The van der Waals surface area contributed by atoms with Crippen LogP contribution in [0.5, 0.6) is 0 Å². The summed E-state index contributed by atoms with van der Waals surface area (Å²) in [6.07, 6.45) is 2.48. The van der Waals surface area contributed by atoms with Gasteiger partial charge in [-0.1, -0.05) is 30.8 Å². The average molecular weight is 305 g/mol. The first-order valence-electron chi connectivity index (χ1n) is 6.68. The van der Waals surface area contributed by atoms with Crippen LogP contribution in [0.25, 0.3) is 0 Å². The highest BCUT2D eigenvalue weighted by Crippen LogP contribution is 2.24. The van der Waals surface area contributed by atoms with Crippen molar-refractivity contribution in [2.45, 2.75) is 31.5 Å². The first-order valence-corrected chi connectivity index (χ1v) is 7.91. The number of nitrogens with zero attached hydrogens (tertiary/aromatic N) is 3. The third-order valence-corrected chi connectivity index (χ3v) is 3.80. The molecule has 0 fully saturated rings. The molecule has 2 aromatic rings. The van der Waals surface area contributed by atoms with Gasteiger partial charge in [0.05, 0.1) is 0 Å². The number of aromatic nitrogens is 3. The number of hydrogen-bond acceptors (Lipinski definition) is 5. The molecule has 0 aliphatic rings. The fourth-order valence-electron chi connectivity index (χ4n) is 2.15. The van der Waals surface area contributed by atoms with Crippen molar-refractivity contribution in [3.8, 4) is 0 Å². The van der Waals surface area contributed by atoms with Crippen LogP contribution < -0.4 is 11.1 Å². The van der Waals surface area contributed by atoms with Gasteiger partial charge in [-0.05, 0) is 37.3 Å². The van der Waals surface area contributed by atoms with Crippen molar-refractivity contribution < 1.29 is 4.79 Å². The summed E-state index contributed by atoms with van der Waals surface area (Å²) in [5.41, 5.74) is 7.71. The Morgan fingerprint density at radius 2 is 2.24 bits per heavy atom. The van der Waals surface area contributed by atoms with E-state index in [4.69, 9.17) is 5.73 Å². The first-order chi connectivity index (χ1) is 10.1. The molecule has 3 N–H and O–H groups in total. The lowest BCUT2D eigenvalue weighted by Gasteiger charge is -2.18. The topological polar surface area (TPSA) is 85.8 Å². The molecule has 0 aliphatic heterocycles. The fraction of sp³-hybridized carbons (Fsp3) is 0.357. The second kappa shape index (κ2) is 6.62. The normalized spacial score (nSPS) is 12.1. The Balaban J connectivity index is 2.24. The quantitative estimate of drug-likeness (QED) is 0.829. The van der Waals surface area contributed by atoms with Crippen molar-refractivity contribution in [3.05, 3.63) is 29.8 Å². The Morgan fingerprint density at radius 1 is 1.48 bits per heavy atom. The third kappa shape index (κ3) is 3.36. The molecule has 0 bridgehead atoms. The predicted octanol–water partition coefficient (Wildman–Crippen LogP) is 2.48. The largest absolute Gasteiger partial charge is 0.368 e. The fourth-order valence-corrected chi connectivity index (χ4v) is 2.69. The zero-order chi connectivity index (χ0) is 15.4. The summed E-state index contributed by atoms with van der Waals surface area (Å²) in [5.74, 6) is 0.135. The lowest BCUT2D eigenvalue weighted by Crippen LogP contribution is -2.27. The summed E-state index contributed by atoms with van der Waals surface area (Å²) in [6, 6.07) is 7.25. The van der Waals surface area contributed by atoms with E-state index in [1.807, 2.05) is 44.4 Å². The van der Waals surface area contributed by atoms with Crippen LogP contribution in [-0.2, 0) is 4.79 Å². The van der Waals surface area contributed by atoms with Crippen molar-refractivity contribution in [1.29, 1.82) is 0 Å². The summed E-state index contributed by atoms with van der Waals surface area (Å²) in [5, 5.41) is 11.4. The monoisotopic (exact) mass is 305 g/mol. The maximum absolute atomic E-state index is 12.5. The third-order valence-electron chi connectivity index (χ3n) is 3.16. The summed E-state index contributed by atoms with van der Waals surface area (Å²) in [7, 11) is 0. The van der Waals surface area contributed by atoms with Crippen molar-refractivity contribution in [1.82, 2.24) is 14.8 Å². The molecule has 1 amide bonds. The molecule has 0 saturated heterocycles. The second-order valence-corrected chi connectivity index (χ2v) is 5.47. The van der Waals surface area contributed by atoms with Crippen molar-refractivity contribution >= 4 is 29.3 Å². The highest BCUT2D eigenvalue weighted by Gasteiger charge is 2.24. The van der Waals surface area contributed by atoms with Crippen molar-refractivity contribution in [2.75, 3.05) is 17.3 Å². The van der Waals surface area contributed by atoms with E-state index < -0.39 is 6.04 Å². The number of anilines is 2. The molecule has 1 heterocycles. The highest BCUT2D eigenvalue weighted by molar-refractivity contribution is 7.98. The Kier molecular flexibility index (Phi) is 4.85. The van der Waals surface area contributed by atoms with Gasteiger partial charge in [0.15, 0.2) is 5.16 Å². The van der Waals surface area contributed by atoms with Gasteiger partial charge in [0.2, 0.25) is 11.9 Å². The molecule has 1 atom stereocenters. The summed E-state index contributed by atoms with van der Waals surface area (Å²) in [6.45, 7) is 3.92. The molecule has 0 radical (unpaired) electrons. The number of rotatable bonds is 5. The minimum atomic E-state index is -0.428. The molecule has 21 heavy (non-hydrogen) atoms. The zero-order valence-electron chi connectivity index (χ0n) is 12.3. The molecule has 1 aromatic carbocycles. The number of nitrogens with two attached hydrogens (primary N) is 1. The van der Waals surface area contributed by atoms with E-state index in [2.05, 4.69) is 15.5 Å². The highest BCUT2D eigenvalue weighted by atomic mass is 32.2. The van der Waals surface area contributed by atoms with Gasteiger partial charge in [0.25, 0.3) is 0 Å². The average Bonchev–Trinajstić information content (AvgIpc) is 2.81. The van der Waals surface area contributed by atoms with E-state index in [0.717, 1.165) is 11.3 Å². The molecule has 2 rings (SSSR count). The Bertz CT molecular complexity index is 640. The van der Waals surface area contributed by atoms with E-state index in [9.17, 15) is 4.79 Å². The number of benzene rings is 1. The van der Waals surface area contributed by atoms with Crippen LogP contribution in [-0.4, -0.2) is 26.9 Å². The van der Waals surface area contributed by atoms with Gasteiger partial charge in [0, 0.05) is 5.69 Å². The lowest BCUT2D eigenvalue weighted by molar-refractivity contribution is -0.119. The minimum Gasteiger partial charge on any atom is -0.368 e. The van der Waals surface area contributed by atoms with Gasteiger partial charge < -0.3 is 11.1 Å². The van der Waals surface area contributed by atoms with Gasteiger partial charge in [-0.15, -0.1) is 10.2 Å². The number of aryl methyl sites for hydroxylation is 1. The van der Waals surface area contributed by atoms with E-state index in [-0.39, 0.29) is 11.9 Å². The maximum atomic E-state index is 12.5. The summed E-state index contributed by atoms with van der Waals surface area (Å²) < 4.78 is 1.68. The molecule has 1 unspecified atom stereocenters. The number of nitrogens with one attached hydrogen (secondary N) is 1. The minimum absolute atomic E-state index is 0.120. The van der Waals surface area contributed by atoms with E-state index >= 15 is 0 Å². The summed E-state index contributed by atoms with van der Waals surface area (Å²) in [4.78, 5) is 12.5. The predicted molar refractivity (Wildman–Crippen MR) is 85.4 cm³/mol. The van der Waals surface area contributed by atoms with Crippen LogP contribution in [0.3, 0.4) is 0 Å². The standard InChI is InChI=1S/C14H19N5OS/c1-4-11(19-13(15)17-18-14(19)21-3)12(20)16-10-7-5-6-9(2)8-10/h5-8,11H,4H2,1-3H3,(H2,15,17)(H,16,20). The number of hydrogen-bond donors (Lipinski definition) is 2. The number of thioether (sulfide) groups is 1. The summed E-state index contributed by atoms with van der Waals surface area (Å²) >= 11 is 1.42. The maximum Gasteiger partial charge on any atom is 0.247 e. The number of nitrogen functional groups attached to an aromatic ring is 1. The molecular formula is C14H19N5OS. The Hall–Kier alpha value is -2.02. The van der Waals surface area contributed by atoms with Crippen molar-refractivity contribution in [3.63, 3.8) is 0 Å². The first kappa shape index (κ1) is 15.4. The van der Waals surface area contributed by atoms with E-state index in [1.165, 1.54) is 11.8 Å². The van der Waals surface area contributed by atoms with Crippen LogP contribution in [0.4, 0.5) is 11.6 Å². The van der Waals surface area contributed by atoms with Crippen LogP contribution in [0.1, 0.15) is 24.9 Å². The van der Waals surface area contributed by atoms with Crippen molar-refractivity contribution in [2.24, 2.45) is 0 Å². The second-order valence-electron chi connectivity index (χ2n) is 4.70. The number of carbonyl (C=O) groups excluding carboxylic acids is 1. The van der Waals surface area contributed by atoms with Gasteiger partial charge in [-0.3, -0.25) is 9.36 Å². The van der Waals surface area contributed by atoms with Gasteiger partial charge in [-0.2, -0.15) is 0 Å². The number of amides is 1. The molecule has 112 valence electrons. The van der Waals surface area contributed by atoms with Gasteiger partial charge >= 0.3 is 0 Å². The smallest absolute Gasteiger partial charge is 0.247 e. The SMILES string of the molecule is CCC(C(=O)Nc1cccc(C)c1)n1c(N)nnc1SC.